The molecule has 2 rings (SSSR count). The fraction of sp³-hybridized carbons (Fsp3) is 0.933. The van der Waals surface area contributed by atoms with Crippen molar-refractivity contribution >= 4 is 5.91 Å². The fourth-order valence-corrected chi connectivity index (χ4v) is 2.72. The first-order valence-corrected chi connectivity index (χ1v) is 8.09. The highest BCUT2D eigenvalue weighted by Crippen LogP contribution is 2.27. The van der Waals surface area contributed by atoms with Gasteiger partial charge in [-0.15, -0.1) is 0 Å². The van der Waals surface area contributed by atoms with E-state index in [1.165, 1.54) is 12.8 Å². The molecule has 0 bridgehead atoms. The van der Waals surface area contributed by atoms with Crippen molar-refractivity contribution in [1.29, 1.82) is 0 Å². The molecule has 0 spiro atoms. The Balaban J connectivity index is 1.64. The third-order valence-electron chi connectivity index (χ3n) is 4.31. The Morgan fingerprint density at radius 1 is 1.25 bits per heavy atom. The van der Waals surface area contributed by atoms with E-state index in [0.29, 0.717) is 12.5 Å². The van der Waals surface area contributed by atoms with Gasteiger partial charge in [-0.1, -0.05) is 6.92 Å². The molecule has 0 aromatic heterocycles. The standard InChI is InChI=1S/C15H30N4O/c1-13(9-16)11-18-5-2-6-19(8-7-18)12-15(20)17-10-14-3-4-14/h13-14H,2-12,16H2,1H3,(H,17,20). The zero-order valence-electron chi connectivity index (χ0n) is 12.8. The van der Waals surface area contributed by atoms with Crippen molar-refractivity contribution in [2.75, 3.05) is 52.4 Å². The first-order valence-electron chi connectivity index (χ1n) is 8.09. The van der Waals surface area contributed by atoms with Gasteiger partial charge < -0.3 is 16.0 Å². The fourth-order valence-electron chi connectivity index (χ4n) is 2.72. The van der Waals surface area contributed by atoms with Crippen molar-refractivity contribution in [2.24, 2.45) is 17.6 Å². The van der Waals surface area contributed by atoms with E-state index < -0.39 is 0 Å². The van der Waals surface area contributed by atoms with Gasteiger partial charge in [0, 0.05) is 26.2 Å². The summed E-state index contributed by atoms with van der Waals surface area (Å²) in [5.41, 5.74) is 5.69. The minimum Gasteiger partial charge on any atom is -0.355 e. The van der Waals surface area contributed by atoms with Gasteiger partial charge in [0.05, 0.1) is 6.54 Å². The van der Waals surface area contributed by atoms with Gasteiger partial charge in [0.1, 0.15) is 0 Å². The second-order valence-corrected chi connectivity index (χ2v) is 6.52. The molecule has 20 heavy (non-hydrogen) atoms. The quantitative estimate of drug-likeness (QED) is 0.696. The maximum absolute atomic E-state index is 11.9. The Morgan fingerprint density at radius 2 is 1.95 bits per heavy atom. The summed E-state index contributed by atoms with van der Waals surface area (Å²) in [5, 5.41) is 3.05. The number of hydrogen-bond donors (Lipinski definition) is 2. The maximum Gasteiger partial charge on any atom is 0.234 e. The average Bonchev–Trinajstić information content (AvgIpc) is 3.25. The summed E-state index contributed by atoms with van der Waals surface area (Å²) >= 11 is 0. The first kappa shape index (κ1) is 15.7. The van der Waals surface area contributed by atoms with Crippen LogP contribution in [0.25, 0.3) is 0 Å². The lowest BCUT2D eigenvalue weighted by Gasteiger charge is -2.23. The van der Waals surface area contributed by atoms with E-state index in [0.717, 1.165) is 58.2 Å². The summed E-state index contributed by atoms with van der Waals surface area (Å²) in [6.07, 6.45) is 3.73. The molecule has 1 amide bonds. The number of carbonyl (C=O) groups excluding carboxylic acids is 1. The molecule has 116 valence electrons. The van der Waals surface area contributed by atoms with Crippen molar-refractivity contribution < 1.29 is 4.79 Å². The second kappa shape index (κ2) is 7.96. The molecule has 3 N–H and O–H groups in total. The molecule has 0 aromatic rings. The topological polar surface area (TPSA) is 61.6 Å². The minimum atomic E-state index is 0.195. The molecule has 1 heterocycles. The van der Waals surface area contributed by atoms with Gasteiger partial charge in [-0.05, 0) is 50.7 Å². The smallest absolute Gasteiger partial charge is 0.234 e. The molecular weight excluding hydrogens is 252 g/mol. The number of nitrogens with one attached hydrogen (secondary N) is 1. The van der Waals surface area contributed by atoms with E-state index in [1.807, 2.05) is 0 Å². The van der Waals surface area contributed by atoms with Crippen LogP contribution in [-0.4, -0.2) is 68.1 Å². The van der Waals surface area contributed by atoms with E-state index in [9.17, 15) is 4.79 Å². The van der Waals surface area contributed by atoms with Crippen LogP contribution in [0.3, 0.4) is 0 Å². The van der Waals surface area contributed by atoms with Crippen LogP contribution >= 0.6 is 0 Å². The van der Waals surface area contributed by atoms with E-state index in [-0.39, 0.29) is 5.91 Å². The Kier molecular flexibility index (Phi) is 6.26. The molecule has 1 saturated carbocycles. The monoisotopic (exact) mass is 282 g/mol. The first-order chi connectivity index (χ1) is 9.67. The predicted molar refractivity (Wildman–Crippen MR) is 81.4 cm³/mol. The number of amides is 1. The highest BCUT2D eigenvalue weighted by Gasteiger charge is 2.22. The Morgan fingerprint density at radius 3 is 2.65 bits per heavy atom. The molecule has 5 nitrogen and oxygen atoms in total. The number of hydrogen-bond acceptors (Lipinski definition) is 4. The molecule has 1 atom stereocenters. The van der Waals surface area contributed by atoms with Gasteiger partial charge in [0.15, 0.2) is 0 Å². The average molecular weight is 282 g/mol. The van der Waals surface area contributed by atoms with Gasteiger partial charge in [0.25, 0.3) is 0 Å². The number of carbonyl (C=O) groups is 1. The number of rotatable bonds is 7. The maximum atomic E-state index is 11.9. The van der Waals surface area contributed by atoms with Crippen LogP contribution in [0.2, 0.25) is 0 Å². The van der Waals surface area contributed by atoms with Crippen LogP contribution < -0.4 is 11.1 Å². The summed E-state index contributed by atoms with van der Waals surface area (Å²) in [5.74, 6) is 1.51. The highest BCUT2D eigenvalue weighted by atomic mass is 16.2. The molecule has 5 heteroatoms. The zero-order chi connectivity index (χ0) is 14.4. The number of nitrogens with zero attached hydrogens (tertiary/aromatic N) is 2. The summed E-state index contributed by atoms with van der Waals surface area (Å²) in [6.45, 7) is 9.69. The van der Waals surface area contributed by atoms with Gasteiger partial charge in [-0.3, -0.25) is 9.69 Å². The SMILES string of the molecule is CC(CN)CN1CCCN(CC(=O)NCC2CC2)CC1. The van der Waals surface area contributed by atoms with Crippen molar-refractivity contribution in [3.8, 4) is 0 Å². The van der Waals surface area contributed by atoms with Gasteiger partial charge in [-0.25, -0.2) is 0 Å². The normalized spacial score (nSPS) is 23.3. The third-order valence-corrected chi connectivity index (χ3v) is 4.31. The molecule has 2 fully saturated rings. The van der Waals surface area contributed by atoms with Crippen LogP contribution in [-0.2, 0) is 4.79 Å². The predicted octanol–water partition coefficient (Wildman–Crippen LogP) is 0.115. The van der Waals surface area contributed by atoms with Crippen LogP contribution in [0.15, 0.2) is 0 Å². The van der Waals surface area contributed by atoms with E-state index >= 15 is 0 Å². The molecule has 2 aliphatic rings. The highest BCUT2D eigenvalue weighted by molar-refractivity contribution is 5.78. The molecule has 1 saturated heterocycles. The molecule has 0 aromatic carbocycles. The van der Waals surface area contributed by atoms with E-state index in [2.05, 4.69) is 22.0 Å². The van der Waals surface area contributed by atoms with Gasteiger partial charge in [-0.2, -0.15) is 0 Å². The van der Waals surface area contributed by atoms with E-state index in [1.54, 1.807) is 0 Å². The van der Waals surface area contributed by atoms with Crippen molar-refractivity contribution in [3.05, 3.63) is 0 Å². The Hall–Kier alpha value is -0.650. The van der Waals surface area contributed by atoms with Crippen LogP contribution in [0, 0.1) is 11.8 Å². The largest absolute Gasteiger partial charge is 0.355 e. The molecule has 1 aliphatic heterocycles. The summed E-state index contributed by atoms with van der Waals surface area (Å²) in [4.78, 5) is 16.7. The van der Waals surface area contributed by atoms with Crippen molar-refractivity contribution in [2.45, 2.75) is 26.2 Å². The molecular formula is C15H30N4O. The summed E-state index contributed by atoms with van der Waals surface area (Å²) in [6, 6.07) is 0. The molecule has 1 unspecified atom stereocenters. The van der Waals surface area contributed by atoms with Crippen molar-refractivity contribution in [3.63, 3.8) is 0 Å². The number of nitrogens with two attached hydrogens (primary N) is 1. The van der Waals surface area contributed by atoms with Gasteiger partial charge >= 0.3 is 0 Å². The van der Waals surface area contributed by atoms with Crippen LogP contribution in [0.4, 0.5) is 0 Å². The minimum absolute atomic E-state index is 0.195. The lowest BCUT2D eigenvalue weighted by molar-refractivity contribution is -0.122. The van der Waals surface area contributed by atoms with Crippen LogP contribution in [0.5, 0.6) is 0 Å². The third kappa shape index (κ3) is 5.77. The molecule has 1 aliphatic carbocycles. The second-order valence-electron chi connectivity index (χ2n) is 6.52. The lowest BCUT2D eigenvalue weighted by atomic mass is 10.1. The summed E-state index contributed by atoms with van der Waals surface area (Å²) in [7, 11) is 0. The molecule has 0 radical (unpaired) electrons. The van der Waals surface area contributed by atoms with E-state index in [4.69, 9.17) is 5.73 Å². The van der Waals surface area contributed by atoms with Gasteiger partial charge in [0.2, 0.25) is 5.91 Å². The summed E-state index contributed by atoms with van der Waals surface area (Å²) < 4.78 is 0. The van der Waals surface area contributed by atoms with Crippen molar-refractivity contribution in [1.82, 2.24) is 15.1 Å². The Labute approximate surface area is 122 Å². The lowest BCUT2D eigenvalue weighted by Crippen LogP contribution is -2.40. The van der Waals surface area contributed by atoms with Crippen LogP contribution in [0.1, 0.15) is 26.2 Å². The zero-order valence-corrected chi connectivity index (χ0v) is 12.8. The Bertz CT molecular complexity index is 306.